The minimum atomic E-state index is -0.679. The molecule has 0 amide bonds. The summed E-state index contributed by atoms with van der Waals surface area (Å²) in [4.78, 5) is 19.7. The first-order chi connectivity index (χ1) is 17.0. The number of thiophene rings is 1. The number of likely N-dealkylation sites (tertiary alicyclic amines) is 1. The summed E-state index contributed by atoms with van der Waals surface area (Å²) in [7, 11) is 1.70. The quantitative estimate of drug-likeness (QED) is 0.278. The maximum atomic E-state index is 11.3. The zero-order chi connectivity index (χ0) is 24.6. The number of aromatic nitrogens is 1. The van der Waals surface area contributed by atoms with Crippen molar-refractivity contribution in [2.45, 2.75) is 49.7 Å². The number of pyridine rings is 1. The Morgan fingerprint density at radius 1 is 1.23 bits per heavy atom. The van der Waals surface area contributed by atoms with Crippen molar-refractivity contribution in [3.8, 4) is 5.75 Å². The highest BCUT2D eigenvalue weighted by Gasteiger charge is 2.29. The molecule has 1 fully saturated rings. The molecule has 0 aliphatic carbocycles. The number of benzene rings is 1. The fraction of sp³-hybridized carbons (Fsp3) is 0.500. The Hall–Kier alpha value is -2.09. The van der Waals surface area contributed by atoms with Gasteiger partial charge in [-0.1, -0.05) is 0 Å². The Balaban J connectivity index is 1.31. The molecule has 7 heteroatoms. The molecule has 0 bridgehead atoms. The molecule has 3 heterocycles. The van der Waals surface area contributed by atoms with Gasteiger partial charge in [0.25, 0.3) is 0 Å². The van der Waals surface area contributed by atoms with Gasteiger partial charge in [0.15, 0.2) is 0 Å². The average Bonchev–Trinajstić information content (AvgIpc) is 3.28. The molecule has 0 saturated carbocycles. The summed E-state index contributed by atoms with van der Waals surface area (Å²) in [5.74, 6) is 2.33. The van der Waals surface area contributed by atoms with Crippen molar-refractivity contribution in [2.24, 2.45) is 11.8 Å². The standard InChI is InChI=1S/C28H36N2O3S2/c1-20-6-11-28(35-20)34-17-16-30-15-13-21(23(19-30)7-10-27(31)32)4-3-5-22-12-14-29-26-9-8-24(33-2)18-25(22)26/h6,8-9,11-12,14,18,21,23H,3-5,7,10,13,15-17,19H2,1-2H3,(H,31,32). The molecule has 1 aromatic carbocycles. The van der Waals surface area contributed by atoms with E-state index >= 15 is 0 Å². The van der Waals surface area contributed by atoms with Crippen LogP contribution in [-0.4, -0.2) is 53.5 Å². The Labute approximate surface area is 216 Å². The molecule has 4 rings (SSSR count). The van der Waals surface area contributed by atoms with Gasteiger partial charge in [0.05, 0.1) is 16.8 Å². The maximum absolute atomic E-state index is 11.3. The molecule has 35 heavy (non-hydrogen) atoms. The van der Waals surface area contributed by atoms with Crippen LogP contribution < -0.4 is 4.74 Å². The second kappa shape index (κ2) is 12.7. The molecule has 1 saturated heterocycles. The van der Waals surface area contributed by atoms with Gasteiger partial charge in [0, 0.05) is 41.7 Å². The summed E-state index contributed by atoms with van der Waals surface area (Å²) in [5.41, 5.74) is 2.32. The number of piperidine rings is 1. The van der Waals surface area contributed by atoms with Gasteiger partial charge < -0.3 is 14.7 Å². The number of ether oxygens (including phenoxy) is 1. The van der Waals surface area contributed by atoms with Crippen LogP contribution in [0.3, 0.4) is 0 Å². The zero-order valence-corrected chi connectivity index (χ0v) is 22.4. The number of carboxylic acid groups (broad SMARTS) is 1. The molecule has 188 valence electrons. The van der Waals surface area contributed by atoms with E-state index in [1.807, 2.05) is 41.4 Å². The molecule has 1 aliphatic rings. The van der Waals surface area contributed by atoms with Crippen LogP contribution in [0.25, 0.3) is 10.9 Å². The van der Waals surface area contributed by atoms with Crippen LogP contribution in [0.2, 0.25) is 0 Å². The van der Waals surface area contributed by atoms with Crippen LogP contribution in [0.4, 0.5) is 0 Å². The van der Waals surface area contributed by atoms with E-state index in [2.05, 4.69) is 41.1 Å². The predicted octanol–water partition coefficient (Wildman–Crippen LogP) is 6.53. The highest BCUT2D eigenvalue weighted by molar-refractivity contribution is 8.01. The molecule has 2 unspecified atom stereocenters. The number of carbonyl (C=O) groups is 1. The minimum Gasteiger partial charge on any atom is -0.497 e. The third-order valence-corrected chi connectivity index (χ3v) is 9.34. The Morgan fingerprint density at radius 2 is 2.11 bits per heavy atom. The number of rotatable bonds is 12. The highest BCUT2D eigenvalue weighted by atomic mass is 32.2. The van der Waals surface area contributed by atoms with Crippen molar-refractivity contribution < 1.29 is 14.6 Å². The Bertz CT molecular complexity index is 1120. The predicted molar refractivity (Wildman–Crippen MR) is 146 cm³/mol. The number of methoxy groups -OCH3 is 1. The van der Waals surface area contributed by atoms with E-state index in [9.17, 15) is 9.90 Å². The van der Waals surface area contributed by atoms with E-state index in [1.54, 1.807) is 7.11 Å². The fourth-order valence-corrected chi connectivity index (χ4v) is 7.41. The summed E-state index contributed by atoms with van der Waals surface area (Å²) in [6.45, 7) is 5.37. The summed E-state index contributed by atoms with van der Waals surface area (Å²) >= 11 is 3.80. The second-order valence-corrected chi connectivity index (χ2v) is 12.2. The van der Waals surface area contributed by atoms with Crippen LogP contribution in [0.5, 0.6) is 5.75 Å². The largest absolute Gasteiger partial charge is 0.497 e. The van der Waals surface area contributed by atoms with E-state index in [1.165, 1.54) is 20.0 Å². The van der Waals surface area contributed by atoms with Crippen LogP contribution in [0.1, 0.15) is 42.5 Å². The molecule has 5 nitrogen and oxygen atoms in total. The van der Waals surface area contributed by atoms with Gasteiger partial charge in [-0.15, -0.1) is 23.1 Å². The molecule has 2 aromatic heterocycles. The lowest BCUT2D eigenvalue weighted by Gasteiger charge is -2.39. The number of thioether (sulfide) groups is 1. The third kappa shape index (κ3) is 7.45. The van der Waals surface area contributed by atoms with Crippen molar-refractivity contribution in [3.05, 3.63) is 53.0 Å². The number of fused-ring (bicyclic) bond motifs is 1. The Morgan fingerprint density at radius 3 is 2.89 bits per heavy atom. The number of hydrogen-bond acceptors (Lipinski definition) is 6. The van der Waals surface area contributed by atoms with Crippen LogP contribution in [0.15, 0.2) is 46.8 Å². The van der Waals surface area contributed by atoms with Gasteiger partial charge in [-0.25, -0.2) is 0 Å². The number of nitrogens with zero attached hydrogens (tertiary/aromatic N) is 2. The molecule has 0 radical (unpaired) electrons. The van der Waals surface area contributed by atoms with E-state index in [4.69, 9.17) is 4.74 Å². The molecule has 3 aromatic rings. The van der Waals surface area contributed by atoms with Gasteiger partial charge in [0.1, 0.15) is 5.75 Å². The van der Waals surface area contributed by atoms with E-state index in [0.717, 1.165) is 68.8 Å². The van der Waals surface area contributed by atoms with Gasteiger partial charge >= 0.3 is 5.97 Å². The molecular formula is C28H36N2O3S2. The van der Waals surface area contributed by atoms with E-state index in [-0.39, 0.29) is 6.42 Å². The van der Waals surface area contributed by atoms with Crippen molar-refractivity contribution >= 4 is 40.0 Å². The summed E-state index contributed by atoms with van der Waals surface area (Å²) in [5, 5.41) is 10.5. The van der Waals surface area contributed by atoms with E-state index < -0.39 is 5.97 Å². The molecule has 2 atom stereocenters. The summed E-state index contributed by atoms with van der Waals surface area (Å²) < 4.78 is 6.81. The normalized spacial score (nSPS) is 18.7. The lowest BCUT2D eigenvalue weighted by atomic mass is 9.79. The number of hydrogen-bond donors (Lipinski definition) is 1. The molecule has 1 N–H and O–H groups in total. The average molecular weight is 513 g/mol. The number of carboxylic acids is 1. The summed E-state index contributed by atoms with van der Waals surface area (Å²) in [6.07, 6.45) is 7.38. The van der Waals surface area contributed by atoms with Crippen molar-refractivity contribution in [2.75, 3.05) is 32.5 Å². The highest BCUT2D eigenvalue weighted by Crippen LogP contribution is 2.33. The van der Waals surface area contributed by atoms with E-state index in [0.29, 0.717) is 11.8 Å². The number of aryl methyl sites for hydroxylation is 2. The van der Waals surface area contributed by atoms with Gasteiger partial charge in [0.2, 0.25) is 0 Å². The van der Waals surface area contributed by atoms with Gasteiger partial charge in [-0.3, -0.25) is 9.78 Å². The second-order valence-electron chi connectivity index (χ2n) is 9.50. The minimum absolute atomic E-state index is 0.271. The smallest absolute Gasteiger partial charge is 0.303 e. The molecular weight excluding hydrogens is 476 g/mol. The topological polar surface area (TPSA) is 62.7 Å². The van der Waals surface area contributed by atoms with Crippen LogP contribution >= 0.6 is 23.1 Å². The molecule has 1 aliphatic heterocycles. The van der Waals surface area contributed by atoms with Gasteiger partial charge in [-0.2, -0.15) is 0 Å². The zero-order valence-electron chi connectivity index (χ0n) is 20.7. The first-order valence-corrected chi connectivity index (χ1v) is 14.4. The first-order valence-electron chi connectivity index (χ1n) is 12.6. The first kappa shape index (κ1) is 26.0. The lowest BCUT2D eigenvalue weighted by Crippen LogP contribution is -2.41. The molecule has 0 spiro atoms. The van der Waals surface area contributed by atoms with Crippen molar-refractivity contribution in [1.82, 2.24) is 9.88 Å². The van der Waals surface area contributed by atoms with Gasteiger partial charge in [-0.05, 0) is 99.4 Å². The maximum Gasteiger partial charge on any atom is 0.303 e. The number of aliphatic carboxylic acids is 1. The lowest BCUT2D eigenvalue weighted by molar-refractivity contribution is -0.137. The van der Waals surface area contributed by atoms with Crippen LogP contribution in [0, 0.1) is 18.8 Å². The third-order valence-electron chi connectivity index (χ3n) is 7.13. The van der Waals surface area contributed by atoms with Crippen molar-refractivity contribution in [1.29, 1.82) is 0 Å². The summed E-state index contributed by atoms with van der Waals surface area (Å²) in [6, 6.07) is 12.6. The Kier molecular flexibility index (Phi) is 9.46. The monoisotopic (exact) mass is 512 g/mol. The van der Waals surface area contributed by atoms with Crippen LogP contribution in [-0.2, 0) is 11.2 Å². The SMILES string of the molecule is COc1ccc2nccc(CCCC3CCN(CCSc4ccc(C)s4)CC3CCC(=O)O)c2c1. The fourth-order valence-electron chi connectivity index (χ4n) is 5.22. The van der Waals surface area contributed by atoms with Crippen molar-refractivity contribution in [3.63, 3.8) is 0 Å².